The molecule has 0 bridgehead atoms. The number of nitrogens with zero attached hydrogens (tertiary/aromatic N) is 3. The number of nitriles is 1. The highest BCUT2D eigenvalue weighted by molar-refractivity contribution is 5.84. The Balaban J connectivity index is 1.66. The summed E-state index contributed by atoms with van der Waals surface area (Å²) in [4.78, 5) is 2.37. The van der Waals surface area contributed by atoms with Gasteiger partial charge in [-0.05, 0) is 35.7 Å². The molecule has 25 heavy (non-hydrogen) atoms. The molecule has 5 heteroatoms. The predicted octanol–water partition coefficient (Wildman–Crippen LogP) is 3.11. The van der Waals surface area contributed by atoms with Gasteiger partial charge < -0.3 is 14.8 Å². The van der Waals surface area contributed by atoms with Crippen molar-refractivity contribution in [1.82, 2.24) is 9.88 Å². The number of nitrogens with one attached hydrogen (secondary N) is 1. The number of hydrogen-bond acceptors (Lipinski definition) is 3. The molecule has 0 atom stereocenters. The Kier molecular flexibility index (Phi) is 4.12. The van der Waals surface area contributed by atoms with Crippen LogP contribution in [0, 0.1) is 17.1 Å². The molecule has 4 nitrogen and oxygen atoms in total. The standard InChI is InChI=1S/C20H19FN4/c21-19-11-15(13-22)1-2-17(19)14-25-8-5-16-3-4-18(12-20(16)25)24-9-6-23-7-10-24/h1-5,8,11-12,23H,6-7,9-10,14H2. The number of aromatic nitrogens is 1. The van der Waals surface area contributed by atoms with E-state index in [-0.39, 0.29) is 5.82 Å². The van der Waals surface area contributed by atoms with Crippen LogP contribution in [0.25, 0.3) is 10.9 Å². The van der Waals surface area contributed by atoms with Crippen LogP contribution in [0.3, 0.4) is 0 Å². The molecule has 1 N–H and O–H groups in total. The van der Waals surface area contributed by atoms with Gasteiger partial charge in [-0.3, -0.25) is 0 Å². The molecule has 0 unspecified atom stereocenters. The highest BCUT2D eigenvalue weighted by atomic mass is 19.1. The van der Waals surface area contributed by atoms with Crippen molar-refractivity contribution < 1.29 is 4.39 Å². The average Bonchev–Trinajstić information content (AvgIpc) is 3.06. The van der Waals surface area contributed by atoms with Gasteiger partial charge in [0, 0.05) is 43.6 Å². The normalized spacial score (nSPS) is 14.6. The zero-order chi connectivity index (χ0) is 17.2. The topological polar surface area (TPSA) is 44.0 Å². The van der Waals surface area contributed by atoms with E-state index in [2.05, 4.69) is 39.0 Å². The lowest BCUT2D eigenvalue weighted by molar-refractivity contribution is 0.589. The predicted molar refractivity (Wildman–Crippen MR) is 97.2 cm³/mol. The van der Waals surface area contributed by atoms with Gasteiger partial charge in [0.25, 0.3) is 0 Å². The summed E-state index contributed by atoms with van der Waals surface area (Å²) in [5, 5.41) is 13.4. The second kappa shape index (κ2) is 6.58. The lowest BCUT2D eigenvalue weighted by Crippen LogP contribution is -2.43. The van der Waals surface area contributed by atoms with Gasteiger partial charge in [-0.2, -0.15) is 5.26 Å². The first-order valence-electron chi connectivity index (χ1n) is 8.48. The fraction of sp³-hybridized carbons (Fsp3) is 0.250. The fourth-order valence-corrected chi connectivity index (χ4v) is 3.36. The molecular weight excluding hydrogens is 315 g/mol. The maximum Gasteiger partial charge on any atom is 0.129 e. The van der Waals surface area contributed by atoms with Gasteiger partial charge in [-0.15, -0.1) is 0 Å². The highest BCUT2D eigenvalue weighted by Gasteiger charge is 2.12. The van der Waals surface area contributed by atoms with Gasteiger partial charge >= 0.3 is 0 Å². The van der Waals surface area contributed by atoms with E-state index in [1.54, 1.807) is 12.1 Å². The van der Waals surface area contributed by atoms with Crippen LogP contribution in [0.1, 0.15) is 11.1 Å². The Bertz CT molecular complexity index is 948. The average molecular weight is 334 g/mol. The summed E-state index contributed by atoms with van der Waals surface area (Å²) in [6.07, 6.45) is 1.99. The minimum absolute atomic E-state index is 0.334. The van der Waals surface area contributed by atoms with Crippen molar-refractivity contribution in [3.63, 3.8) is 0 Å². The van der Waals surface area contributed by atoms with Crippen LogP contribution in [0.5, 0.6) is 0 Å². The van der Waals surface area contributed by atoms with E-state index in [1.165, 1.54) is 11.8 Å². The third-order valence-electron chi connectivity index (χ3n) is 4.76. The smallest absolute Gasteiger partial charge is 0.129 e. The summed E-state index contributed by atoms with van der Waals surface area (Å²) in [7, 11) is 0. The molecule has 1 aromatic heterocycles. The SMILES string of the molecule is N#Cc1ccc(Cn2ccc3ccc(N4CCNCC4)cc32)c(F)c1. The van der Waals surface area contributed by atoms with E-state index in [0.29, 0.717) is 17.7 Å². The van der Waals surface area contributed by atoms with E-state index in [9.17, 15) is 4.39 Å². The molecule has 2 heterocycles. The third-order valence-corrected chi connectivity index (χ3v) is 4.76. The molecule has 1 aliphatic heterocycles. The highest BCUT2D eigenvalue weighted by Crippen LogP contribution is 2.25. The molecule has 1 fully saturated rings. The number of piperazine rings is 1. The molecule has 1 saturated heterocycles. The van der Waals surface area contributed by atoms with E-state index < -0.39 is 0 Å². The molecular formula is C20H19FN4. The molecule has 2 aromatic carbocycles. The Labute approximate surface area is 146 Å². The number of halogens is 1. The lowest BCUT2D eigenvalue weighted by atomic mass is 10.1. The lowest BCUT2D eigenvalue weighted by Gasteiger charge is -2.29. The van der Waals surface area contributed by atoms with Gasteiger partial charge in [0.1, 0.15) is 5.82 Å². The van der Waals surface area contributed by atoms with Gasteiger partial charge in [0.15, 0.2) is 0 Å². The van der Waals surface area contributed by atoms with Crippen LogP contribution in [-0.2, 0) is 6.54 Å². The molecule has 3 aromatic rings. The first-order chi connectivity index (χ1) is 12.2. The Morgan fingerprint density at radius 2 is 1.92 bits per heavy atom. The summed E-state index contributed by atoms with van der Waals surface area (Å²) in [6, 6.07) is 15.1. The number of anilines is 1. The summed E-state index contributed by atoms with van der Waals surface area (Å²) < 4.78 is 16.3. The van der Waals surface area contributed by atoms with E-state index in [1.807, 2.05) is 12.3 Å². The number of rotatable bonds is 3. The van der Waals surface area contributed by atoms with Crippen molar-refractivity contribution in [3.05, 3.63) is 65.6 Å². The van der Waals surface area contributed by atoms with Crippen molar-refractivity contribution in [1.29, 1.82) is 5.26 Å². The Morgan fingerprint density at radius 1 is 1.08 bits per heavy atom. The maximum absolute atomic E-state index is 14.2. The Morgan fingerprint density at radius 3 is 2.68 bits per heavy atom. The van der Waals surface area contributed by atoms with Crippen molar-refractivity contribution in [2.45, 2.75) is 6.54 Å². The number of fused-ring (bicyclic) bond motifs is 1. The maximum atomic E-state index is 14.2. The monoisotopic (exact) mass is 334 g/mol. The molecule has 126 valence electrons. The van der Waals surface area contributed by atoms with Crippen LogP contribution < -0.4 is 10.2 Å². The van der Waals surface area contributed by atoms with Crippen molar-refractivity contribution in [3.8, 4) is 6.07 Å². The molecule has 0 spiro atoms. The van der Waals surface area contributed by atoms with Gasteiger partial charge in [-0.1, -0.05) is 12.1 Å². The molecule has 0 radical (unpaired) electrons. The zero-order valence-corrected chi connectivity index (χ0v) is 13.9. The molecule has 4 rings (SSSR count). The minimum atomic E-state index is -0.334. The van der Waals surface area contributed by atoms with Crippen LogP contribution >= 0.6 is 0 Å². The zero-order valence-electron chi connectivity index (χ0n) is 13.9. The van der Waals surface area contributed by atoms with E-state index in [4.69, 9.17) is 5.26 Å². The first-order valence-corrected chi connectivity index (χ1v) is 8.48. The van der Waals surface area contributed by atoms with Crippen molar-refractivity contribution >= 4 is 16.6 Å². The van der Waals surface area contributed by atoms with Gasteiger partial charge in [-0.25, -0.2) is 4.39 Å². The summed E-state index contributed by atoms with van der Waals surface area (Å²) >= 11 is 0. The van der Waals surface area contributed by atoms with Crippen LogP contribution in [-0.4, -0.2) is 30.7 Å². The second-order valence-electron chi connectivity index (χ2n) is 6.34. The molecule has 0 aliphatic carbocycles. The first kappa shape index (κ1) is 15.7. The second-order valence-corrected chi connectivity index (χ2v) is 6.34. The summed E-state index contributed by atoms with van der Waals surface area (Å²) in [5.74, 6) is -0.334. The molecule has 0 amide bonds. The largest absolute Gasteiger partial charge is 0.369 e. The third kappa shape index (κ3) is 3.09. The Hall–Kier alpha value is -2.84. The molecule has 0 saturated carbocycles. The number of benzene rings is 2. The van der Waals surface area contributed by atoms with Crippen molar-refractivity contribution in [2.24, 2.45) is 0 Å². The van der Waals surface area contributed by atoms with E-state index >= 15 is 0 Å². The van der Waals surface area contributed by atoms with Gasteiger partial charge in [0.05, 0.1) is 23.7 Å². The quantitative estimate of drug-likeness (QED) is 0.800. The summed E-state index contributed by atoms with van der Waals surface area (Å²) in [5.41, 5.74) is 3.23. The fourth-order valence-electron chi connectivity index (χ4n) is 3.36. The van der Waals surface area contributed by atoms with Crippen molar-refractivity contribution in [2.75, 3.05) is 31.1 Å². The van der Waals surface area contributed by atoms with E-state index in [0.717, 1.165) is 37.1 Å². The van der Waals surface area contributed by atoms with Crippen LogP contribution in [0.15, 0.2) is 48.7 Å². The number of hydrogen-bond donors (Lipinski definition) is 1. The summed E-state index contributed by atoms with van der Waals surface area (Å²) in [6.45, 7) is 4.43. The molecule has 1 aliphatic rings. The van der Waals surface area contributed by atoms with Crippen LogP contribution in [0.4, 0.5) is 10.1 Å². The van der Waals surface area contributed by atoms with Gasteiger partial charge in [0.2, 0.25) is 0 Å². The van der Waals surface area contributed by atoms with Crippen LogP contribution in [0.2, 0.25) is 0 Å². The minimum Gasteiger partial charge on any atom is -0.369 e.